The lowest BCUT2D eigenvalue weighted by Gasteiger charge is -2.29. The van der Waals surface area contributed by atoms with Gasteiger partial charge in [-0.1, -0.05) is 18.2 Å². The molecule has 1 aromatic rings. The van der Waals surface area contributed by atoms with E-state index in [4.69, 9.17) is 15.2 Å². The van der Waals surface area contributed by atoms with Crippen LogP contribution in [0, 0.1) is 0 Å². The highest BCUT2D eigenvalue weighted by Crippen LogP contribution is 2.24. The molecular weight excluding hydrogens is 240 g/mol. The molecule has 0 spiro atoms. The number of methoxy groups -OCH3 is 1. The van der Waals surface area contributed by atoms with Gasteiger partial charge in [0.25, 0.3) is 0 Å². The smallest absolute Gasteiger partial charge is 0.123 e. The fraction of sp³-hybridized carbons (Fsp3) is 0.600. The maximum Gasteiger partial charge on any atom is 0.123 e. The summed E-state index contributed by atoms with van der Waals surface area (Å²) in [6, 6.07) is 8.69. The van der Waals surface area contributed by atoms with Crippen LogP contribution in [-0.4, -0.2) is 44.4 Å². The summed E-state index contributed by atoms with van der Waals surface area (Å²) in [5.74, 6) is 1.01. The molecule has 0 aliphatic carbocycles. The average Bonchev–Trinajstić information content (AvgIpc) is 2.65. The number of ether oxygens (including phenoxy) is 2. The summed E-state index contributed by atoms with van der Waals surface area (Å²) >= 11 is 0. The van der Waals surface area contributed by atoms with Gasteiger partial charge in [0.1, 0.15) is 12.4 Å². The third kappa shape index (κ3) is 3.93. The third-order valence-electron chi connectivity index (χ3n) is 3.60. The van der Waals surface area contributed by atoms with Gasteiger partial charge in [-0.2, -0.15) is 0 Å². The molecule has 1 heterocycles. The van der Waals surface area contributed by atoms with Crippen LogP contribution in [-0.2, 0) is 11.3 Å². The lowest BCUT2D eigenvalue weighted by Crippen LogP contribution is -2.39. The van der Waals surface area contributed by atoms with E-state index < -0.39 is 0 Å². The number of nitrogens with two attached hydrogens (primary N) is 1. The predicted molar refractivity (Wildman–Crippen MR) is 76.3 cm³/mol. The predicted octanol–water partition coefficient (Wildman–Crippen LogP) is 1.63. The van der Waals surface area contributed by atoms with Gasteiger partial charge in [0.05, 0.1) is 6.61 Å². The summed E-state index contributed by atoms with van der Waals surface area (Å²) in [4.78, 5) is 2.45. The zero-order valence-electron chi connectivity index (χ0n) is 11.7. The van der Waals surface area contributed by atoms with E-state index in [-0.39, 0.29) is 0 Å². The molecule has 4 nitrogen and oxygen atoms in total. The highest BCUT2D eigenvalue weighted by atomic mass is 16.5. The Balaban J connectivity index is 2.06. The van der Waals surface area contributed by atoms with Crippen molar-refractivity contribution in [2.75, 3.05) is 33.4 Å². The first kappa shape index (κ1) is 14.3. The van der Waals surface area contributed by atoms with Crippen molar-refractivity contribution < 1.29 is 9.47 Å². The van der Waals surface area contributed by atoms with Crippen LogP contribution < -0.4 is 10.5 Å². The molecule has 2 rings (SSSR count). The topological polar surface area (TPSA) is 47.7 Å². The summed E-state index contributed by atoms with van der Waals surface area (Å²) in [6.07, 6.45) is 2.11. The minimum Gasteiger partial charge on any atom is -0.492 e. The summed E-state index contributed by atoms with van der Waals surface area (Å²) in [5, 5.41) is 0. The van der Waals surface area contributed by atoms with Crippen molar-refractivity contribution in [3.8, 4) is 5.75 Å². The van der Waals surface area contributed by atoms with Crippen LogP contribution in [0.4, 0.5) is 0 Å². The first-order valence-corrected chi connectivity index (χ1v) is 6.99. The Morgan fingerprint density at radius 1 is 1.42 bits per heavy atom. The Hall–Kier alpha value is -1.10. The van der Waals surface area contributed by atoms with Gasteiger partial charge in [0.15, 0.2) is 0 Å². The zero-order chi connectivity index (χ0) is 13.5. The molecule has 2 N–H and O–H groups in total. The minimum absolute atomic E-state index is 0.420. The van der Waals surface area contributed by atoms with E-state index in [0.29, 0.717) is 6.04 Å². The summed E-state index contributed by atoms with van der Waals surface area (Å²) in [7, 11) is 1.76. The van der Waals surface area contributed by atoms with Gasteiger partial charge >= 0.3 is 0 Å². The van der Waals surface area contributed by atoms with Gasteiger partial charge in [-0.25, -0.2) is 0 Å². The van der Waals surface area contributed by atoms with Crippen LogP contribution in [0.1, 0.15) is 18.4 Å². The first-order chi connectivity index (χ1) is 9.35. The van der Waals surface area contributed by atoms with E-state index in [9.17, 15) is 0 Å². The van der Waals surface area contributed by atoms with Crippen molar-refractivity contribution >= 4 is 0 Å². The number of rotatable bonds is 6. The maximum atomic E-state index is 5.80. The summed E-state index contributed by atoms with van der Waals surface area (Å²) in [6.45, 7) is 4.09. The number of para-hydroxylation sites is 1. The quantitative estimate of drug-likeness (QED) is 0.848. The van der Waals surface area contributed by atoms with E-state index in [2.05, 4.69) is 17.0 Å². The van der Waals surface area contributed by atoms with Crippen LogP contribution >= 0.6 is 0 Å². The Morgan fingerprint density at radius 3 is 3.05 bits per heavy atom. The lowest BCUT2D eigenvalue weighted by molar-refractivity contribution is 0.0752. The highest BCUT2D eigenvalue weighted by molar-refractivity contribution is 5.33. The van der Waals surface area contributed by atoms with Gasteiger partial charge in [-0.15, -0.1) is 0 Å². The van der Waals surface area contributed by atoms with E-state index in [1.807, 2.05) is 12.1 Å². The van der Waals surface area contributed by atoms with Crippen molar-refractivity contribution in [2.45, 2.75) is 25.4 Å². The molecule has 1 atom stereocenters. The van der Waals surface area contributed by atoms with Gasteiger partial charge < -0.3 is 15.2 Å². The summed E-state index contributed by atoms with van der Waals surface area (Å²) in [5.41, 5.74) is 6.88. The Bertz CT molecular complexity index is 384. The normalized spacial score (nSPS) is 17.4. The van der Waals surface area contributed by atoms with Gasteiger partial charge in [-0.05, 0) is 25.5 Å². The standard InChI is InChI=1S/C15H24N2O2/c1-18-12-14(6-4-8-16)17-9-10-19-15-7-3-2-5-13(15)11-17/h2-3,5,7,14H,4,6,8-12,16H2,1H3. The van der Waals surface area contributed by atoms with Crippen molar-refractivity contribution in [1.82, 2.24) is 4.90 Å². The van der Waals surface area contributed by atoms with Crippen molar-refractivity contribution in [2.24, 2.45) is 5.73 Å². The molecule has 1 aromatic carbocycles. The number of nitrogens with zero attached hydrogens (tertiary/aromatic N) is 1. The molecule has 0 radical (unpaired) electrons. The molecule has 0 bridgehead atoms. The fourth-order valence-corrected chi connectivity index (χ4v) is 2.57. The molecule has 1 unspecified atom stereocenters. The third-order valence-corrected chi connectivity index (χ3v) is 3.60. The van der Waals surface area contributed by atoms with Gasteiger partial charge in [-0.3, -0.25) is 4.90 Å². The van der Waals surface area contributed by atoms with Crippen molar-refractivity contribution in [3.05, 3.63) is 29.8 Å². The monoisotopic (exact) mass is 264 g/mol. The molecule has 1 aliphatic heterocycles. The van der Waals surface area contributed by atoms with Crippen molar-refractivity contribution in [3.63, 3.8) is 0 Å². The average molecular weight is 264 g/mol. The molecular formula is C15H24N2O2. The SMILES string of the molecule is COCC(CCCN)N1CCOc2ccccc2C1. The lowest BCUT2D eigenvalue weighted by atomic mass is 10.1. The molecule has 0 saturated heterocycles. The van der Waals surface area contributed by atoms with Gasteiger partial charge in [0.2, 0.25) is 0 Å². The molecule has 19 heavy (non-hydrogen) atoms. The van der Waals surface area contributed by atoms with E-state index in [0.717, 1.165) is 51.4 Å². The Morgan fingerprint density at radius 2 is 2.26 bits per heavy atom. The number of fused-ring (bicyclic) bond motifs is 1. The zero-order valence-corrected chi connectivity index (χ0v) is 11.7. The first-order valence-electron chi connectivity index (χ1n) is 6.99. The van der Waals surface area contributed by atoms with Crippen LogP contribution in [0.2, 0.25) is 0 Å². The largest absolute Gasteiger partial charge is 0.492 e. The van der Waals surface area contributed by atoms with E-state index >= 15 is 0 Å². The van der Waals surface area contributed by atoms with Crippen LogP contribution in [0.5, 0.6) is 5.75 Å². The Labute approximate surface area is 115 Å². The van der Waals surface area contributed by atoms with E-state index in [1.54, 1.807) is 7.11 Å². The molecule has 0 fully saturated rings. The molecule has 1 aliphatic rings. The molecule has 0 amide bonds. The maximum absolute atomic E-state index is 5.80. The molecule has 106 valence electrons. The molecule has 0 aromatic heterocycles. The summed E-state index contributed by atoms with van der Waals surface area (Å²) < 4.78 is 11.2. The molecule has 4 heteroatoms. The fourth-order valence-electron chi connectivity index (χ4n) is 2.57. The number of benzene rings is 1. The Kier molecular flexibility index (Phi) is 5.63. The second-order valence-electron chi connectivity index (χ2n) is 4.97. The number of hydrogen-bond donors (Lipinski definition) is 1. The second-order valence-corrected chi connectivity index (χ2v) is 4.97. The second kappa shape index (κ2) is 7.48. The molecule has 0 saturated carbocycles. The van der Waals surface area contributed by atoms with Crippen LogP contribution in [0.25, 0.3) is 0 Å². The van der Waals surface area contributed by atoms with Crippen LogP contribution in [0.3, 0.4) is 0 Å². The van der Waals surface area contributed by atoms with Crippen LogP contribution in [0.15, 0.2) is 24.3 Å². The van der Waals surface area contributed by atoms with Gasteiger partial charge in [0, 0.05) is 31.8 Å². The van der Waals surface area contributed by atoms with Crippen molar-refractivity contribution in [1.29, 1.82) is 0 Å². The highest BCUT2D eigenvalue weighted by Gasteiger charge is 2.22. The minimum atomic E-state index is 0.420. The van der Waals surface area contributed by atoms with E-state index in [1.165, 1.54) is 5.56 Å². The number of hydrogen-bond acceptors (Lipinski definition) is 4.